The molecule has 0 bridgehead atoms. The van der Waals surface area contributed by atoms with Crippen LogP contribution in [0.3, 0.4) is 0 Å². The molecule has 55 heavy (non-hydrogen) atoms. The Morgan fingerprint density at radius 3 is 2.05 bits per heavy atom. The van der Waals surface area contributed by atoms with Crippen molar-refractivity contribution in [1.29, 1.82) is 0 Å². The number of furan rings is 1. The Bertz CT molecular complexity index is 2650. The van der Waals surface area contributed by atoms with Gasteiger partial charge in [0.05, 0.1) is 13.7 Å². The fourth-order valence-corrected chi connectivity index (χ4v) is 8.34. The summed E-state index contributed by atoms with van der Waals surface area (Å²) in [6.07, 6.45) is 2.19. The van der Waals surface area contributed by atoms with Gasteiger partial charge in [0.2, 0.25) is 0 Å². The Balaban J connectivity index is 0.000000230. The van der Waals surface area contributed by atoms with Crippen LogP contribution in [0.4, 0.5) is 0 Å². The molecule has 0 unspecified atom stereocenters. The summed E-state index contributed by atoms with van der Waals surface area (Å²) in [5.41, 5.74) is 11.1. The van der Waals surface area contributed by atoms with E-state index < -0.39 is 20.3 Å². The minimum Gasteiger partial charge on any atom is -0.501 e. The summed E-state index contributed by atoms with van der Waals surface area (Å²) in [4.78, 5) is 9.15. The van der Waals surface area contributed by atoms with Gasteiger partial charge in [-0.05, 0) is 69.1 Å². The van der Waals surface area contributed by atoms with Crippen molar-refractivity contribution in [1.82, 2.24) is 9.97 Å². The fourth-order valence-electron chi connectivity index (χ4n) is 6.75. The number of nitrogens with zero attached hydrogens (tertiary/aromatic N) is 2. The van der Waals surface area contributed by atoms with Crippen molar-refractivity contribution in [3.05, 3.63) is 163 Å². The first-order valence-corrected chi connectivity index (χ1v) is 22.1. The van der Waals surface area contributed by atoms with E-state index in [9.17, 15) is 0 Å². The number of hydrogen-bond donors (Lipinski definition) is 0. The van der Waals surface area contributed by atoms with Crippen molar-refractivity contribution in [2.45, 2.75) is 59.6 Å². The van der Waals surface area contributed by atoms with Gasteiger partial charge in [-0.2, -0.15) is 0 Å². The molecule has 0 atom stereocenters. The minimum absolute atomic E-state index is 0. The second-order valence-electron chi connectivity index (χ2n) is 15.2. The maximum atomic E-state index is 8.50. The quantitative estimate of drug-likeness (QED) is 0.113. The smallest absolute Gasteiger partial charge is 0.121 e. The number of hydrogen-bond acceptors (Lipinski definition) is 3. The van der Waals surface area contributed by atoms with Crippen LogP contribution in [0.25, 0.3) is 66.7 Å². The molecule has 0 aliphatic heterocycles. The van der Waals surface area contributed by atoms with E-state index in [-0.39, 0.29) is 26.0 Å². The molecule has 0 amide bonds. The first kappa shape index (κ1) is 35.7. The third-order valence-corrected chi connectivity index (χ3v) is 11.5. The van der Waals surface area contributed by atoms with E-state index in [1.54, 1.807) is 12.3 Å². The Labute approximate surface area is 345 Å². The molecule has 1 radical (unpaired) electrons. The summed E-state index contributed by atoms with van der Waals surface area (Å²) in [6, 6.07) is 49.1. The average molecular weight is 916 g/mol. The van der Waals surface area contributed by atoms with Gasteiger partial charge in [-0.1, -0.05) is 148 Å². The third-order valence-electron chi connectivity index (χ3n) is 9.47. The van der Waals surface area contributed by atoms with Crippen LogP contribution in [0, 0.1) is 18.1 Å². The standard InChI is InChI=1S/C33H26NO.C17H22NSi.Ir/c1-22(2)19-23-17-18-34-31(20-23)30-10-6-9-29-28-16-15-27(21-32(28)35-33(29)30)26-13-11-25(12-14-26)24-7-4-3-5-8-24;1-13(2)15-11-16(14-9-7-6-8-10-14)18-12-17(15)19(3,4)5;/h3-9,11-18,20-22H,19H2,1-2H3;6-9,11-13H,1-5H3;/q2*-1;/i19D2;13D;. The van der Waals surface area contributed by atoms with Gasteiger partial charge in [0.1, 0.15) is 5.58 Å². The van der Waals surface area contributed by atoms with E-state index in [1.807, 2.05) is 82.4 Å². The zero-order valence-corrected chi connectivity index (χ0v) is 35.9. The van der Waals surface area contributed by atoms with Crippen molar-refractivity contribution < 1.29 is 28.6 Å². The molecular weight excluding hydrogens is 865 g/mol. The first-order chi connectivity index (χ1) is 27.1. The van der Waals surface area contributed by atoms with Crippen molar-refractivity contribution in [3.63, 3.8) is 0 Å². The van der Waals surface area contributed by atoms with Crippen LogP contribution in [0.5, 0.6) is 0 Å². The van der Waals surface area contributed by atoms with Crippen LogP contribution in [0.15, 0.2) is 144 Å². The third kappa shape index (κ3) is 9.14. The topological polar surface area (TPSA) is 38.9 Å². The van der Waals surface area contributed by atoms with Crippen molar-refractivity contribution in [2.24, 2.45) is 5.92 Å². The molecule has 0 saturated heterocycles. The van der Waals surface area contributed by atoms with Crippen LogP contribution >= 0.6 is 0 Å². The van der Waals surface area contributed by atoms with Crippen LogP contribution < -0.4 is 5.19 Å². The maximum Gasteiger partial charge on any atom is 0.121 e. The molecule has 8 aromatic rings. The summed E-state index contributed by atoms with van der Waals surface area (Å²) in [5.74, 6) is -0.767. The van der Waals surface area contributed by atoms with Gasteiger partial charge in [-0.15, -0.1) is 54.1 Å². The minimum atomic E-state index is -1.50. The molecular formula is C50H48IrN2OSi-2. The maximum absolute atomic E-state index is 8.50. The normalized spacial score (nSPS) is 12.7. The van der Waals surface area contributed by atoms with Gasteiger partial charge >= 0.3 is 0 Å². The largest absolute Gasteiger partial charge is 0.501 e. The van der Waals surface area contributed by atoms with E-state index in [4.69, 9.17) is 8.53 Å². The number of pyridine rings is 2. The molecule has 5 aromatic carbocycles. The monoisotopic (exact) mass is 916 g/mol. The summed E-state index contributed by atoms with van der Waals surface area (Å²) in [7, 11) is -1.50. The predicted molar refractivity (Wildman–Crippen MR) is 231 cm³/mol. The van der Waals surface area contributed by atoms with Crippen LogP contribution in [-0.4, -0.2) is 18.0 Å². The molecule has 3 heterocycles. The Morgan fingerprint density at radius 2 is 1.38 bits per heavy atom. The Kier molecular flexibility index (Phi) is 11.2. The van der Waals surface area contributed by atoms with E-state index in [0.717, 1.165) is 49.9 Å². The van der Waals surface area contributed by atoms with Gasteiger partial charge in [-0.25, -0.2) is 0 Å². The summed E-state index contributed by atoms with van der Waals surface area (Å²) in [5, 5.41) is 3.30. The molecule has 0 aliphatic rings. The molecule has 8 rings (SSSR count). The second-order valence-corrected chi connectivity index (χ2v) is 20.3. The zero-order valence-electron chi connectivity index (χ0n) is 35.5. The Hall–Kier alpha value is -4.93. The number of aromatic nitrogens is 2. The van der Waals surface area contributed by atoms with E-state index in [0.29, 0.717) is 16.8 Å². The van der Waals surface area contributed by atoms with Gasteiger partial charge in [0, 0.05) is 42.0 Å². The van der Waals surface area contributed by atoms with Crippen LogP contribution in [0.1, 0.15) is 48.8 Å². The Morgan fingerprint density at radius 1 is 0.691 bits per heavy atom. The van der Waals surface area contributed by atoms with Gasteiger partial charge in [0.15, 0.2) is 0 Å². The van der Waals surface area contributed by atoms with Crippen molar-refractivity contribution in [3.8, 4) is 44.8 Å². The molecule has 0 N–H and O–H groups in total. The molecule has 0 aliphatic carbocycles. The molecule has 3 nitrogen and oxygen atoms in total. The van der Waals surface area contributed by atoms with E-state index in [1.165, 1.54) is 16.3 Å². The summed E-state index contributed by atoms with van der Waals surface area (Å²) in [6.45, 7) is 14.6. The molecule has 0 saturated carbocycles. The second kappa shape index (κ2) is 17.2. The summed E-state index contributed by atoms with van der Waals surface area (Å²) >= 11 is 0. The van der Waals surface area contributed by atoms with E-state index >= 15 is 0 Å². The molecule has 3 aromatic heterocycles. The summed E-state index contributed by atoms with van der Waals surface area (Å²) < 4.78 is 31.8. The van der Waals surface area contributed by atoms with Gasteiger partial charge < -0.3 is 14.4 Å². The van der Waals surface area contributed by atoms with Crippen molar-refractivity contribution >= 4 is 35.2 Å². The van der Waals surface area contributed by atoms with Crippen LogP contribution in [0.2, 0.25) is 19.6 Å². The van der Waals surface area contributed by atoms with Crippen molar-refractivity contribution in [2.75, 3.05) is 0 Å². The number of rotatable bonds is 8. The molecule has 279 valence electrons. The fraction of sp³-hybridized carbons (Fsp3) is 0.200. The number of fused-ring (bicyclic) bond motifs is 3. The molecule has 0 spiro atoms. The van der Waals surface area contributed by atoms with E-state index in [2.05, 4.69) is 115 Å². The SMILES string of the molecule is [2H]C(C)(C)c1cc(-c2[c-]cccc2)ncc1[Si](C)(C)C.[2H]C([2H])(c1ccnc(-c2[c-]ccc3c2oc2cc(-c4ccc(-c5ccccc5)cc4)ccc23)c1)C(C)C.[Ir]. The number of benzene rings is 5. The van der Waals surface area contributed by atoms with Crippen LogP contribution in [-0.2, 0) is 26.5 Å². The molecule has 0 fully saturated rings. The van der Waals surface area contributed by atoms with Gasteiger partial charge in [-0.3, -0.25) is 0 Å². The predicted octanol–water partition coefficient (Wildman–Crippen LogP) is 13.2. The zero-order chi connectivity index (χ0) is 40.5. The average Bonchev–Trinajstić information content (AvgIpc) is 3.59. The first-order valence-electron chi connectivity index (χ1n) is 20.1. The van der Waals surface area contributed by atoms with Gasteiger partial charge in [0.25, 0.3) is 0 Å². The molecule has 5 heteroatoms.